The maximum Gasteiger partial charge on any atom is 0.185 e. The van der Waals surface area contributed by atoms with Crippen LogP contribution in [0, 0.1) is 0 Å². The van der Waals surface area contributed by atoms with E-state index in [1.807, 2.05) is 35.8 Å². The van der Waals surface area contributed by atoms with E-state index in [0.29, 0.717) is 12.6 Å². The van der Waals surface area contributed by atoms with Gasteiger partial charge < -0.3 is 9.64 Å². The fraction of sp³-hybridized carbons (Fsp3) is 0.294. The predicted molar refractivity (Wildman–Crippen MR) is 95.4 cm³/mol. The van der Waals surface area contributed by atoms with Crippen LogP contribution >= 0.6 is 22.7 Å². The summed E-state index contributed by atoms with van der Waals surface area (Å²) in [6.07, 6.45) is 4.39. The molecule has 1 fully saturated rings. The van der Waals surface area contributed by atoms with Crippen molar-refractivity contribution in [3.8, 4) is 16.3 Å². The number of rotatable bonds is 6. The minimum absolute atomic E-state index is 0.506. The Bertz CT molecular complexity index is 764. The van der Waals surface area contributed by atoms with E-state index in [4.69, 9.17) is 4.74 Å². The van der Waals surface area contributed by atoms with E-state index in [1.165, 1.54) is 12.8 Å². The zero-order valence-electron chi connectivity index (χ0n) is 12.8. The highest BCUT2D eigenvalue weighted by atomic mass is 32.1. The van der Waals surface area contributed by atoms with Crippen LogP contribution < -0.4 is 9.64 Å². The standard InChI is InChI=1S/C17H17N3OS2/c1-20(14-4-5-14)17-19-13(11-23-17)10-21-15-6-2-12(3-7-15)16-18-8-9-22-16/h2-3,6-9,11,14H,4-5,10H2,1H3. The molecule has 118 valence electrons. The molecular weight excluding hydrogens is 326 g/mol. The third-order valence-electron chi connectivity index (χ3n) is 3.86. The minimum atomic E-state index is 0.506. The summed E-state index contributed by atoms with van der Waals surface area (Å²) in [4.78, 5) is 11.2. The first-order chi connectivity index (χ1) is 11.3. The lowest BCUT2D eigenvalue weighted by Gasteiger charge is -2.13. The van der Waals surface area contributed by atoms with Gasteiger partial charge in [0.2, 0.25) is 0 Å². The Hall–Kier alpha value is -1.92. The lowest BCUT2D eigenvalue weighted by atomic mass is 10.2. The van der Waals surface area contributed by atoms with Crippen LogP contribution in [0.5, 0.6) is 5.75 Å². The molecule has 0 saturated heterocycles. The molecule has 0 unspecified atom stereocenters. The topological polar surface area (TPSA) is 38.2 Å². The van der Waals surface area contributed by atoms with Crippen LogP contribution in [-0.2, 0) is 6.61 Å². The van der Waals surface area contributed by atoms with E-state index >= 15 is 0 Å². The summed E-state index contributed by atoms with van der Waals surface area (Å²) < 4.78 is 5.84. The zero-order valence-corrected chi connectivity index (χ0v) is 14.4. The Morgan fingerprint density at radius 3 is 2.74 bits per heavy atom. The molecule has 6 heteroatoms. The third-order valence-corrected chi connectivity index (χ3v) is 5.66. The summed E-state index contributed by atoms with van der Waals surface area (Å²) in [5, 5.41) is 6.19. The number of anilines is 1. The van der Waals surface area contributed by atoms with Crippen molar-refractivity contribution in [2.24, 2.45) is 0 Å². The van der Waals surface area contributed by atoms with Gasteiger partial charge in [0, 0.05) is 35.6 Å². The molecule has 4 nitrogen and oxygen atoms in total. The first-order valence-corrected chi connectivity index (χ1v) is 9.35. The Labute approximate surface area is 143 Å². The predicted octanol–water partition coefficient (Wildman–Crippen LogP) is 4.44. The van der Waals surface area contributed by atoms with Crippen molar-refractivity contribution in [2.75, 3.05) is 11.9 Å². The molecule has 0 bridgehead atoms. The van der Waals surface area contributed by atoms with Crippen molar-refractivity contribution in [2.45, 2.75) is 25.5 Å². The highest BCUT2D eigenvalue weighted by Crippen LogP contribution is 2.32. The van der Waals surface area contributed by atoms with Gasteiger partial charge in [-0.25, -0.2) is 9.97 Å². The molecule has 0 atom stereocenters. The molecule has 0 spiro atoms. The number of hydrogen-bond acceptors (Lipinski definition) is 6. The Morgan fingerprint density at radius 1 is 1.22 bits per heavy atom. The summed E-state index contributed by atoms with van der Waals surface area (Å²) in [7, 11) is 2.12. The van der Waals surface area contributed by atoms with Crippen LogP contribution in [0.4, 0.5) is 5.13 Å². The van der Waals surface area contributed by atoms with Crippen molar-refractivity contribution in [1.82, 2.24) is 9.97 Å². The highest BCUT2D eigenvalue weighted by molar-refractivity contribution is 7.13. The van der Waals surface area contributed by atoms with Gasteiger partial charge in [-0.1, -0.05) is 0 Å². The summed E-state index contributed by atoms with van der Waals surface area (Å²) in [6.45, 7) is 0.506. The van der Waals surface area contributed by atoms with Crippen LogP contribution in [0.25, 0.3) is 10.6 Å². The van der Waals surface area contributed by atoms with Crippen molar-refractivity contribution >= 4 is 27.8 Å². The Balaban J connectivity index is 1.37. The van der Waals surface area contributed by atoms with E-state index < -0.39 is 0 Å². The average Bonchev–Trinajstić information content (AvgIpc) is 3.10. The Morgan fingerprint density at radius 2 is 2.04 bits per heavy atom. The van der Waals surface area contributed by atoms with Gasteiger partial charge in [0.15, 0.2) is 5.13 Å². The van der Waals surface area contributed by atoms with Crippen LogP contribution in [0.15, 0.2) is 41.2 Å². The second kappa shape index (κ2) is 6.29. The normalized spacial score (nSPS) is 14.0. The lowest BCUT2D eigenvalue weighted by molar-refractivity contribution is 0.302. The lowest BCUT2D eigenvalue weighted by Crippen LogP contribution is -2.19. The van der Waals surface area contributed by atoms with E-state index in [0.717, 1.165) is 27.1 Å². The molecule has 0 aliphatic heterocycles. The maximum atomic E-state index is 5.84. The third kappa shape index (κ3) is 3.38. The SMILES string of the molecule is CN(c1nc(COc2ccc(-c3nccs3)cc2)cs1)C1CC1. The first-order valence-electron chi connectivity index (χ1n) is 7.59. The van der Waals surface area contributed by atoms with Gasteiger partial charge >= 0.3 is 0 Å². The molecule has 1 aliphatic rings. The largest absolute Gasteiger partial charge is 0.487 e. The number of ether oxygens (including phenoxy) is 1. The molecule has 0 amide bonds. The maximum absolute atomic E-state index is 5.84. The van der Waals surface area contributed by atoms with Crippen LogP contribution in [0.1, 0.15) is 18.5 Å². The monoisotopic (exact) mass is 343 g/mol. The molecule has 23 heavy (non-hydrogen) atoms. The average molecular weight is 343 g/mol. The highest BCUT2D eigenvalue weighted by Gasteiger charge is 2.27. The number of thiazole rings is 2. The van der Waals surface area contributed by atoms with Gasteiger partial charge in [0.05, 0.1) is 5.69 Å². The second-order valence-electron chi connectivity index (χ2n) is 5.61. The van der Waals surface area contributed by atoms with Crippen LogP contribution in [0.2, 0.25) is 0 Å². The molecule has 1 saturated carbocycles. The summed E-state index contributed by atoms with van der Waals surface area (Å²) in [5.41, 5.74) is 2.11. The number of aromatic nitrogens is 2. The summed E-state index contributed by atoms with van der Waals surface area (Å²) in [5.74, 6) is 0.857. The van der Waals surface area contributed by atoms with Crippen molar-refractivity contribution < 1.29 is 4.74 Å². The molecule has 2 aromatic heterocycles. The van der Waals surface area contributed by atoms with Crippen molar-refractivity contribution in [3.63, 3.8) is 0 Å². The van der Waals surface area contributed by atoms with E-state index in [1.54, 1.807) is 22.7 Å². The fourth-order valence-corrected chi connectivity index (χ4v) is 3.85. The molecule has 1 aromatic carbocycles. The number of nitrogens with zero attached hydrogens (tertiary/aromatic N) is 3. The van der Waals surface area contributed by atoms with Gasteiger partial charge in [-0.15, -0.1) is 22.7 Å². The Kier molecular flexibility index (Phi) is 4.01. The molecule has 0 N–H and O–H groups in total. The minimum Gasteiger partial charge on any atom is -0.487 e. The molecular formula is C17H17N3OS2. The van der Waals surface area contributed by atoms with Crippen molar-refractivity contribution in [3.05, 3.63) is 46.9 Å². The summed E-state index contributed by atoms with van der Waals surface area (Å²) in [6, 6.07) is 8.75. The van der Waals surface area contributed by atoms with Gasteiger partial charge in [-0.2, -0.15) is 0 Å². The zero-order chi connectivity index (χ0) is 15.6. The van der Waals surface area contributed by atoms with E-state index in [-0.39, 0.29) is 0 Å². The van der Waals surface area contributed by atoms with Gasteiger partial charge in [0.1, 0.15) is 17.4 Å². The smallest absolute Gasteiger partial charge is 0.185 e. The first kappa shape index (κ1) is 14.7. The number of hydrogen-bond donors (Lipinski definition) is 0. The van der Waals surface area contributed by atoms with Gasteiger partial charge in [0.25, 0.3) is 0 Å². The second-order valence-corrected chi connectivity index (χ2v) is 7.34. The van der Waals surface area contributed by atoms with Gasteiger partial charge in [-0.3, -0.25) is 0 Å². The van der Waals surface area contributed by atoms with Crippen LogP contribution in [-0.4, -0.2) is 23.1 Å². The van der Waals surface area contributed by atoms with Crippen molar-refractivity contribution in [1.29, 1.82) is 0 Å². The molecule has 4 rings (SSSR count). The molecule has 2 heterocycles. The molecule has 1 aliphatic carbocycles. The molecule has 0 radical (unpaired) electrons. The van der Waals surface area contributed by atoms with E-state index in [9.17, 15) is 0 Å². The van der Waals surface area contributed by atoms with Gasteiger partial charge in [-0.05, 0) is 37.1 Å². The summed E-state index contributed by atoms with van der Waals surface area (Å²) >= 11 is 3.33. The van der Waals surface area contributed by atoms with Crippen LogP contribution in [0.3, 0.4) is 0 Å². The van der Waals surface area contributed by atoms with E-state index in [2.05, 4.69) is 27.3 Å². The quantitative estimate of drug-likeness (QED) is 0.663. The molecule has 3 aromatic rings. The number of benzene rings is 1. The fourth-order valence-electron chi connectivity index (χ4n) is 2.36.